The zero-order valence-corrected chi connectivity index (χ0v) is 10.2. The van der Waals surface area contributed by atoms with Crippen LogP contribution < -0.4 is 4.74 Å². The molecule has 0 saturated carbocycles. The summed E-state index contributed by atoms with van der Waals surface area (Å²) in [5, 5.41) is 9.41. The summed E-state index contributed by atoms with van der Waals surface area (Å²) >= 11 is 0. The van der Waals surface area contributed by atoms with Crippen LogP contribution in [0.25, 0.3) is 0 Å². The number of aliphatic hydroxyl groups is 1. The Hall–Kier alpha value is -1.51. The second kappa shape index (κ2) is 5.86. The van der Waals surface area contributed by atoms with Gasteiger partial charge < -0.3 is 9.84 Å². The fourth-order valence-electron chi connectivity index (χ4n) is 1.58. The summed E-state index contributed by atoms with van der Waals surface area (Å²) in [5.74, 6) is -3.90. The third kappa shape index (κ3) is 3.99. The Kier molecular flexibility index (Phi) is 4.85. The fraction of sp³-hybridized carbons (Fsp3) is 0.545. The van der Waals surface area contributed by atoms with Crippen molar-refractivity contribution in [1.82, 2.24) is 4.98 Å². The number of pyridine rings is 1. The molecule has 20 heavy (non-hydrogen) atoms. The molecule has 0 radical (unpaired) electrons. The Morgan fingerprint density at radius 3 is 2.15 bits per heavy atom. The first-order valence-corrected chi connectivity index (χ1v) is 5.46. The minimum absolute atomic E-state index is 0.0212. The van der Waals surface area contributed by atoms with Gasteiger partial charge in [-0.05, 0) is 13.0 Å². The van der Waals surface area contributed by atoms with E-state index in [2.05, 4.69) is 4.98 Å². The second-order valence-electron chi connectivity index (χ2n) is 3.89. The largest absolute Gasteiger partial charge is 0.492 e. The molecular formula is C11H11F6NO2. The van der Waals surface area contributed by atoms with Gasteiger partial charge in [-0.25, -0.2) is 0 Å². The molecule has 0 aromatic carbocycles. The third-order valence-corrected chi connectivity index (χ3v) is 2.41. The molecule has 1 aromatic heterocycles. The molecule has 0 saturated heterocycles. The molecule has 1 atom stereocenters. The van der Waals surface area contributed by atoms with Gasteiger partial charge in [0.2, 0.25) is 0 Å². The Morgan fingerprint density at radius 2 is 1.70 bits per heavy atom. The highest BCUT2D eigenvalue weighted by atomic mass is 19.4. The van der Waals surface area contributed by atoms with E-state index in [9.17, 15) is 31.4 Å². The minimum Gasteiger partial charge on any atom is -0.492 e. The summed E-state index contributed by atoms with van der Waals surface area (Å²) in [4.78, 5) is 3.45. The number of alkyl halides is 6. The summed E-state index contributed by atoms with van der Waals surface area (Å²) in [6.07, 6.45) is -12.2. The number of rotatable bonds is 4. The lowest BCUT2D eigenvalue weighted by Gasteiger charge is -2.27. The summed E-state index contributed by atoms with van der Waals surface area (Å²) < 4.78 is 79.7. The summed E-state index contributed by atoms with van der Waals surface area (Å²) in [6.45, 7) is 1.74. The van der Waals surface area contributed by atoms with E-state index in [0.717, 1.165) is 18.5 Å². The maximum atomic E-state index is 12.5. The normalized spacial score (nSPS) is 14.4. The monoisotopic (exact) mass is 303 g/mol. The highest BCUT2D eigenvalue weighted by molar-refractivity contribution is 5.26. The van der Waals surface area contributed by atoms with E-state index < -0.39 is 29.9 Å². The zero-order chi connectivity index (χ0) is 15.6. The van der Waals surface area contributed by atoms with Crippen LogP contribution in [0.4, 0.5) is 26.3 Å². The van der Waals surface area contributed by atoms with Crippen LogP contribution in [0.1, 0.15) is 18.6 Å². The van der Waals surface area contributed by atoms with E-state index in [1.165, 1.54) is 0 Å². The summed E-state index contributed by atoms with van der Waals surface area (Å²) in [6, 6.07) is 0.894. The Balaban J connectivity index is 3.13. The van der Waals surface area contributed by atoms with E-state index >= 15 is 0 Å². The summed E-state index contributed by atoms with van der Waals surface area (Å²) in [7, 11) is 0. The van der Waals surface area contributed by atoms with Crippen LogP contribution in [0.5, 0.6) is 5.75 Å². The van der Waals surface area contributed by atoms with Gasteiger partial charge in [-0.3, -0.25) is 4.98 Å². The second-order valence-corrected chi connectivity index (χ2v) is 3.89. The first kappa shape index (κ1) is 16.5. The van der Waals surface area contributed by atoms with Crippen molar-refractivity contribution >= 4 is 0 Å². The molecule has 0 bridgehead atoms. The van der Waals surface area contributed by atoms with Gasteiger partial charge in [-0.15, -0.1) is 0 Å². The smallest absolute Gasteiger partial charge is 0.403 e. The average Bonchev–Trinajstić information content (AvgIpc) is 2.25. The van der Waals surface area contributed by atoms with E-state index in [4.69, 9.17) is 4.74 Å². The van der Waals surface area contributed by atoms with E-state index in [1.54, 1.807) is 6.92 Å². The minimum atomic E-state index is -5.63. The lowest BCUT2D eigenvalue weighted by Crippen LogP contribution is -2.40. The molecule has 1 N–H and O–H groups in total. The van der Waals surface area contributed by atoms with Crippen molar-refractivity contribution < 1.29 is 36.2 Å². The van der Waals surface area contributed by atoms with Crippen molar-refractivity contribution in [3.05, 3.63) is 24.0 Å². The lowest BCUT2D eigenvalue weighted by atomic mass is 9.95. The molecular weight excluding hydrogens is 292 g/mol. The molecule has 0 amide bonds. The number of aliphatic hydroxyl groups excluding tert-OH is 1. The average molecular weight is 303 g/mol. The predicted molar refractivity (Wildman–Crippen MR) is 56.0 cm³/mol. The van der Waals surface area contributed by atoms with Gasteiger partial charge in [0.05, 0.1) is 12.8 Å². The quantitative estimate of drug-likeness (QED) is 0.868. The van der Waals surface area contributed by atoms with Gasteiger partial charge in [0.15, 0.2) is 5.92 Å². The van der Waals surface area contributed by atoms with Crippen LogP contribution in [0.15, 0.2) is 18.5 Å². The van der Waals surface area contributed by atoms with Crippen molar-refractivity contribution in [1.29, 1.82) is 0 Å². The van der Waals surface area contributed by atoms with Gasteiger partial charge in [0.1, 0.15) is 11.9 Å². The molecule has 1 aromatic rings. The molecule has 9 heteroatoms. The standard InChI is InChI=1S/C11H11F6NO2/c1-2-20-7-3-6(4-18-5-7)8(19)9(10(12,13)14)11(15,16)17/h3-5,8-9,19H,2H2,1H3. The van der Waals surface area contributed by atoms with Gasteiger partial charge in [0, 0.05) is 11.8 Å². The van der Waals surface area contributed by atoms with E-state index in [-0.39, 0.29) is 12.4 Å². The van der Waals surface area contributed by atoms with Gasteiger partial charge in [0.25, 0.3) is 0 Å². The molecule has 0 fully saturated rings. The Morgan fingerprint density at radius 1 is 1.15 bits per heavy atom. The Bertz CT molecular complexity index is 431. The molecule has 1 unspecified atom stereocenters. The number of hydrogen-bond acceptors (Lipinski definition) is 3. The van der Waals surface area contributed by atoms with E-state index in [0.29, 0.717) is 0 Å². The van der Waals surface area contributed by atoms with Crippen LogP contribution in [0.3, 0.4) is 0 Å². The molecule has 0 aliphatic rings. The summed E-state index contributed by atoms with van der Waals surface area (Å²) in [5.41, 5.74) is -0.615. The zero-order valence-electron chi connectivity index (χ0n) is 10.2. The van der Waals surface area contributed by atoms with Crippen molar-refractivity contribution in [2.24, 2.45) is 5.92 Å². The van der Waals surface area contributed by atoms with Crippen LogP contribution >= 0.6 is 0 Å². The molecule has 0 spiro atoms. The van der Waals surface area contributed by atoms with Crippen molar-refractivity contribution in [3.8, 4) is 5.75 Å². The highest BCUT2D eigenvalue weighted by Crippen LogP contribution is 2.46. The molecule has 1 rings (SSSR count). The van der Waals surface area contributed by atoms with Gasteiger partial charge >= 0.3 is 12.4 Å². The van der Waals surface area contributed by atoms with E-state index in [1.807, 2.05) is 0 Å². The number of ether oxygens (including phenoxy) is 1. The number of hydrogen-bond donors (Lipinski definition) is 1. The highest BCUT2D eigenvalue weighted by Gasteiger charge is 2.60. The predicted octanol–water partition coefficient (Wildman–Crippen LogP) is 3.25. The molecule has 1 heterocycles. The first-order chi connectivity index (χ1) is 9.07. The van der Waals surface area contributed by atoms with Crippen LogP contribution in [0.2, 0.25) is 0 Å². The lowest BCUT2D eigenvalue weighted by molar-refractivity contribution is -0.307. The first-order valence-electron chi connectivity index (χ1n) is 5.46. The van der Waals surface area contributed by atoms with Crippen molar-refractivity contribution in [2.75, 3.05) is 6.61 Å². The van der Waals surface area contributed by atoms with Crippen LogP contribution in [-0.4, -0.2) is 29.0 Å². The van der Waals surface area contributed by atoms with Gasteiger partial charge in [-0.2, -0.15) is 26.3 Å². The molecule has 0 aliphatic heterocycles. The van der Waals surface area contributed by atoms with Crippen LogP contribution in [-0.2, 0) is 0 Å². The van der Waals surface area contributed by atoms with Crippen molar-refractivity contribution in [2.45, 2.75) is 25.4 Å². The maximum absolute atomic E-state index is 12.5. The van der Waals surface area contributed by atoms with Crippen molar-refractivity contribution in [3.63, 3.8) is 0 Å². The number of nitrogens with zero attached hydrogens (tertiary/aromatic N) is 1. The topological polar surface area (TPSA) is 42.4 Å². The van der Waals surface area contributed by atoms with Crippen LogP contribution in [0, 0.1) is 5.92 Å². The molecule has 3 nitrogen and oxygen atoms in total. The molecule has 0 aliphatic carbocycles. The molecule has 114 valence electrons. The Labute approximate surface area is 110 Å². The SMILES string of the molecule is CCOc1cncc(C(O)C(C(F)(F)F)C(F)(F)F)c1. The fourth-order valence-corrected chi connectivity index (χ4v) is 1.58. The van der Waals surface area contributed by atoms with Gasteiger partial charge in [-0.1, -0.05) is 0 Å². The maximum Gasteiger partial charge on any atom is 0.403 e. The number of halogens is 6. The third-order valence-electron chi connectivity index (χ3n) is 2.41. The number of aromatic nitrogens is 1.